The van der Waals surface area contributed by atoms with E-state index in [1.54, 1.807) is 0 Å². The first-order valence-corrected chi connectivity index (χ1v) is 17.0. The van der Waals surface area contributed by atoms with Gasteiger partial charge in [-0.1, -0.05) is 139 Å². The van der Waals surface area contributed by atoms with Crippen molar-refractivity contribution >= 4 is 46.3 Å². The van der Waals surface area contributed by atoms with E-state index in [1.807, 2.05) is 47.6 Å². The van der Waals surface area contributed by atoms with Crippen LogP contribution in [0.15, 0.2) is 193 Å². The van der Waals surface area contributed by atoms with Crippen molar-refractivity contribution in [2.75, 3.05) is 9.91 Å². The Bertz CT molecular complexity index is 2080. The second-order valence-electron chi connectivity index (χ2n) is 12.4. The van der Waals surface area contributed by atoms with Crippen LogP contribution in [0.1, 0.15) is 33.4 Å². The lowest BCUT2D eigenvalue weighted by Gasteiger charge is -2.25. The fourth-order valence-electron chi connectivity index (χ4n) is 5.96. The predicted molar refractivity (Wildman–Crippen MR) is 213 cm³/mol. The van der Waals surface area contributed by atoms with Gasteiger partial charge in [0.05, 0.1) is 17.6 Å². The quantitative estimate of drug-likeness (QED) is 0.0837. The first kappa shape index (κ1) is 32.1. The molecule has 50 heavy (non-hydrogen) atoms. The van der Waals surface area contributed by atoms with Crippen LogP contribution in [0.25, 0.3) is 11.6 Å². The van der Waals surface area contributed by atoms with Gasteiger partial charge in [0.2, 0.25) is 0 Å². The van der Waals surface area contributed by atoms with Gasteiger partial charge < -0.3 is 4.90 Å². The van der Waals surface area contributed by atoms with Gasteiger partial charge in [0.1, 0.15) is 0 Å². The summed E-state index contributed by atoms with van der Waals surface area (Å²) in [6, 6.07) is 65.9. The summed E-state index contributed by atoms with van der Waals surface area (Å²) >= 11 is 0. The van der Waals surface area contributed by atoms with Gasteiger partial charge in [-0.25, -0.2) is 5.01 Å². The van der Waals surface area contributed by atoms with Gasteiger partial charge in [-0.15, -0.1) is 0 Å². The van der Waals surface area contributed by atoms with E-state index >= 15 is 0 Å². The standard InChI is InChI=1S/C47H39N3/c1-36-18-26-40(27-19-36)47(41-28-20-37(2)21-29-41)34-38-22-30-43(31-23-38)49(42-12-6-3-7-13-42)44-32-24-39(25-33-44)35-48-50(45-14-8-4-9-15-45)46-16-10-5-11-17-46/h3-35H,1-2H3/b48-35+. The average molecular weight is 646 g/mol. The van der Waals surface area contributed by atoms with Crippen molar-refractivity contribution in [2.45, 2.75) is 13.8 Å². The van der Waals surface area contributed by atoms with Gasteiger partial charge in [0.25, 0.3) is 0 Å². The minimum Gasteiger partial charge on any atom is -0.311 e. The van der Waals surface area contributed by atoms with E-state index in [0.29, 0.717) is 0 Å². The van der Waals surface area contributed by atoms with Crippen LogP contribution in [0.5, 0.6) is 0 Å². The molecular weight excluding hydrogens is 607 g/mol. The number of hydrogen-bond donors (Lipinski definition) is 0. The van der Waals surface area contributed by atoms with Gasteiger partial charge in [-0.05, 0) is 108 Å². The van der Waals surface area contributed by atoms with Crippen LogP contribution in [0, 0.1) is 13.8 Å². The van der Waals surface area contributed by atoms with Crippen LogP contribution in [-0.4, -0.2) is 6.21 Å². The van der Waals surface area contributed by atoms with E-state index in [1.165, 1.54) is 27.8 Å². The summed E-state index contributed by atoms with van der Waals surface area (Å²) in [5.41, 5.74) is 13.5. The topological polar surface area (TPSA) is 18.8 Å². The highest BCUT2D eigenvalue weighted by Gasteiger charge is 2.13. The SMILES string of the molecule is Cc1ccc(C(=Cc2ccc(N(c3ccccc3)c3ccc(/C=N/N(c4ccccc4)c4ccccc4)cc3)cc2)c2ccc(C)cc2)cc1. The molecule has 0 aromatic heterocycles. The summed E-state index contributed by atoms with van der Waals surface area (Å²) in [4.78, 5) is 2.29. The number of nitrogens with zero attached hydrogens (tertiary/aromatic N) is 3. The average Bonchev–Trinajstić information content (AvgIpc) is 3.17. The molecule has 0 amide bonds. The number of benzene rings is 7. The molecule has 3 heteroatoms. The lowest BCUT2D eigenvalue weighted by molar-refractivity contribution is 1.09. The highest BCUT2D eigenvalue weighted by atomic mass is 15.5. The van der Waals surface area contributed by atoms with Crippen molar-refractivity contribution in [3.8, 4) is 0 Å². The van der Waals surface area contributed by atoms with Crippen molar-refractivity contribution in [2.24, 2.45) is 5.10 Å². The van der Waals surface area contributed by atoms with Gasteiger partial charge >= 0.3 is 0 Å². The molecule has 7 rings (SSSR count). The van der Waals surface area contributed by atoms with Gasteiger partial charge in [0.15, 0.2) is 0 Å². The first-order valence-electron chi connectivity index (χ1n) is 17.0. The Hall–Kier alpha value is -6.45. The zero-order valence-corrected chi connectivity index (χ0v) is 28.4. The smallest absolute Gasteiger partial charge is 0.0652 e. The molecule has 0 atom stereocenters. The fraction of sp³-hybridized carbons (Fsp3) is 0.0426. The maximum atomic E-state index is 4.90. The predicted octanol–water partition coefficient (Wildman–Crippen LogP) is 12.5. The maximum Gasteiger partial charge on any atom is 0.0652 e. The Labute approximate surface area is 295 Å². The molecule has 0 radical (unpaired) electrons. The highest BCUT2D eigenvalue weighted by Crippen LogP contribution is 2.35. The third kappa shape index (κ3) is 7.64. The molecule has 0 saturated carbocycles. The minimum atomic E-state index is 1.00. The number of hydrogen-bond acceptors (Lipinski definition) is 3. The number of hydrazone groups is 1. The van der Waals surface area contributed by atoms with E-state index in [4.69, 9.17) is 5.10 Å². The second kappa shape index (κ2) is 15.2. The van der Waals surface area contributed by atoms with Crippen molar-refractivity contribution in [3.05, 3.63) is 221 Å². The molecular formula is C47H39N3. The Morgan fingerprint density at radius 3 is 1.22 bits per heavy atom. The third-order valence-electron chi connectivity index (χ3n) is 8.68. The number of anilines is 5. The molecule has 0 heterocycles. The zero-order valence-electron chi connectivity index (χ0n) is 28.4. The van der Waals surface area contributed by atoms with E-state index in [0.717, 1.165) is 39.6 Å². The summed E-state index contributed by atoms with van der Waals surface area (Å²) in [6.07, 6.45) is 4.20. The molecule has 0 fully saturated rings. The van der Waals surface area contributed by atoms with E-state index in [2.05, 4.69) is 176 Å². The van der Waals surface area contributed by atoms with Crippen molar-refractivity contribution in [3.63, 3.8) is 0 Å². The summed E-state index contributed by atoms with van der Waals surface area (Å²) in [6.45, 7) is 4.26. The largest absolute Gasteiger partial charge is 0.311 e. The molecule has 0 aliphatic rings. The number of rotatable bonds is 10. The number of aryl methyl sites for hydroxylation is 2. The van der Waals surface area contributed by atoms with Gasteiger partial charge in [-0.2, -0.15) is 5.10 Å². The maximum absolute atomic E-state index is 4.90. The Morgan fingerprint density at radius 2 is 0.780 bits per heavy atom. The molecule has 0 unspecified atom stereocenters. The molecule has 3 nitrogen and oxygen atoms in total. The monoisotopic (exact) mass is 645 g/mol. The summed E-state index contributed by atoms with van der Waals surface area (Å²) in [5.74, 6) is 0. The molecule has 0 aliphatic carbocycles. The summed E-state index contributed by atoms with van der Waals surface area (Å²) in [7, 11) is 0. The van der Waals surface area contributed by atoms with E-state index < -0.39 is 0 Å². The molecule has 0 spiro atoms. The van der Waals surface area contributed by atoms with Crippen LogP contribution >= 0.6 is 0 Å². The summed E-state index contributed by atoms with van der Waals surface area (Å²) < 4.78 is 0. The second-order valence-corrected chi connectivity index (χ2v) is 12.4. The highest BCUT2D eigenvalue weighted by molar-refractivity contribution is 5.92. The molecule has 0 saturated heterocycles. The van der Waals surface area contributed by atoms with E-state index in [9.17, 15) is 0 Å². The molecule has 0 aliphatic heterocycles. The lowest BCUT2D eigenvalue weighted by Crippen LogP contribution is -2.10. The first-order chi connectivity index (χ1) is 24.6. The van der Waals surface area contributed by atoms with Crippen molar-refractivity contribution in [1.82, 2.24) is 0 Å². The fourth-order valence-corrected chi connectivity index (χ4v) is 5.96. The Balaban J connectivity index is 1.19. The molecule has 0 N–H and O–H groups in total. The Morgan fingerprint density at radius 1 is 0.400 bits per heavy atom. The van der Waals surface area contributed by atoms with Gasteiger partial charge in [-0.3, -0.25) is 0 Å². The Kier molecular flexibility index (Phi) is 9.75. The normalized spacial score (nSPS) is 10.9. The van der Waals surface area contributed by atoms with Gasteiger partial charge in [0, 0.05) is 17.1 Å². The molecule has 7 aromatic carbocycles. The zero-order chi connectivity index (χ0) is 34.1. The van der Waals surface area contributed by atoms with Crippen LogP contribution in [0.3, 0.4) is 0 Å². The van der Waals surface area contributed by atoms with Crippen molar-refractivity contribution < 1.29 is 0 Å². The molecule has 7 aromatic rings. The third-order valence-corrected chi connectivity index (χ3v) is 8.68. The van der Waals surface area contributed by atoms with Crippen molar-refractivity contribution in [1.29, 1.82) is 0 Å². The van der Waals surface area contributed by atoms with E-state index in [-0.39, 0.29) is 0 Å². The molecule has 0 bridgehead atoms. The van der Waals surface area contributed by atoms with Crippen LogP contribution in [-0.2, 0) is 0 Å². The molecule has 242 valence electrons. The minimum absolute atomic E-state index is 1.00. The van der Waals surface area contributed by atoms with Crippen LogP contribution in [0.2, 0.25) is 0 Å². The van der Waals surface area contributed by atoms with Crippen LogP contribution in [0.4, 0.5) is 28.4 Å². The number of para-hydroxylation sites is 3. The van der Waals surface area contributed by atoms with Crippen LogP contribution < -0.4 is 9.91 Å². The summed E-state index contributed by atoms with van der Waals surface area (Å²) in [5, 5.41) is 6.86. The lowest BCUT2D eigenvalue weighted by atomic mass is 9.94.